The monoisotopic (exact) mass is 333 g/mol. The maximum Gasteiger partial charge on any atom is 0.0794 e. The molecule has 0 spiro atoms. The second-order valence-corrected chi connectivity index (χ2v) is 7.22. The van der Waals surface area contributed by atoms with E-state index in [1.807, 2.05) is 6.20 Å². The first-order valence-electron chi connectivity index (χ1n) is 8.50. The number of nitrogens with zero attached hydrogens (tertiary/aromatic N) is 3. The Morgan fingerprint density at radius 2 is 2.13 bits per heavy atom. The van der Waals surface area contributed by atoms with Gasteiger partial charge in [-0.3, -0.25) is 5.10 Å². The molecule has 1 aliphatic rings. The maximum absolute atomic E-state index is 4.19. The smallest absolute Gasteiger partial charge is 0.0794 e. The number of hydrogen-bond donors (Lipinski definition) is 2. The van der Waals surface area contributed by atoms with Crippen molar-refractivity contribution in [2.45, 2.75) is 19.4 Å². The van der Waals surface area contributed by atoms with E-state index in [1.54, 1.807) is 11.3 Å². The van der Waals surface area contributed by atoms with Crippen molar-refractivity contribution < 1.29 is 0 Å². The van der Waals surface area contributed by atoms with E-state index in [0.29, 0.717) is 0 Å². The van der Waals surface area contributed by atoms with E-state index in [4.69, 9.17) is 0 Å². The fourth-order valence-corrected chi connectivity index (χ4v) is 3.71. The fraction of sp³-hybridized carbons (Fsp3) is 0.588. The minimum atomic E-state index is 0.887. The van der Waals surface area contributed by atoms with Crippen molar-refractivity contribution in [1.82, 2.24) is 25.3 Å². The van der Waals surface area contributed by atoms with Crippen molar-refractivity contribution in [3.05, 3.63) is 29.3 Å². The summed E-state index contributed by atoms with van der Waals surface area (Å²) in [5, 5.41) is 13.0. The van der Waals surface area contributed by atoms with E-state index < -0.39 is 0 Å². The lowest BCUT2D eigenvalue weighted by Crippen LogP contribution is -2.44. The Labute approximate surface area is 142 Å². The van der Waals surface area contributed by atoms with Gasteiger partial charge < -0.3 is 15.1 Å². The number of unbranched alkanes of at least 4 members (excludes halogenated alkanes) is 1. The molecule has 5 nitrogen and oxygen atoms in total. The zero-order valence-corrected chi connectivity index (χ0v) is 14.7. The van der Waals surface area contributed by atoms with Gasteiger partial charge >= 0.3 is 0 Å². The molecule has 0 unspecified atom stereocenters. The summed E-state index contributed by atoms with van der Waals surface area (Å²) in [6.45, 7) is 8.07. The summed E-state index contributed by atoms with van der Waals surface area (Å²) in [5.74, 6) is 0. The van der Waals surface area contributed by atoms with Crippen LogP contribution in [0.1, 0.15) is 18.4 Å². The fourth-order valence-electron chi connectivity index (χ4n) is 2.96. The first kappa shape index (κ1) is 16.6. The van der Waals surface area contributed by atoms with Crippen molar-refractivity contribution >= 4 is 11.3 Å². The predicted octanol–water partition coefficient (Wildman–Crippen LogP) is 2.26. The number of thiophene rings is 1. The third kappa shape index (κ3) is 4.88. The van der Waals surface area contributed by atoms with Gasteiger partial charge in [0.1, 0.15) is 0 Å². The van der Waals surface area contributed by atoms with E-state index in [2.05, 4.69) is 49.9 Å². The Hall–Kier alpha value is -1.21. The van der Waals surface area contributed by atoms with Crippen LogP contribution in [0.4, 0.5) is 0 Å². The number of likely N-dealkylation sites (N-methyl/N-ethyl adjacent to an activating group) is 1. The molecule has 1 fully saturated rings. The van der Waals surface area contributed by atoms with Crippen molar-refractivity contribution in [2.75, 3.05) is 46.3 Å². The molecule has 0 amide bonds. The van der Waals surface area contributed by atoms with Crippen LogP contribution in [-0.2, 0) is 6.54 Å². The topological polar surface area (TPSA) is 47.2 Å². The quantitative estimate of drug-likeness (QED) is 0.728. The highest BCUT2D eigenvalue weighted by Gasteiger charge is 2.12. The van der Waals surface area contributed by atoms with Crippen molar-refractivity contribution in [3.8, 4) is 10.6 Å². The van der Waals surface area contributed by atoms with Gasteiger partial charge in [-0.05, 0) is 44.4 Å². The molecule has 0 aliphatic carbocycles. The first-order chi connectivity index (χ1) is 11.3. The van der Waals surface area contributed by atoms with Gasteiger partial charge in [-0.2, -0.15) is 5.10 Å². The Morgan fingerprint density at radius 3 is 2.91 bits per heavy atom. The van der Waals surface area contributed by atoms with Gasteiger partial charge in [-0.25, -0.2) is 0 Å². The molecule has 23 heavy (non-hydrogen) atoms. The van der Waals surface area contributed by atoms with E-state index in [9.17, 15) is 0 Å². The zero-order chi connectivity index (χ0) is 15.9. The summed E-state index contributed by atoms with van der Waals surface area (Å²) in [5.41, 5.74) is 2.41. The second-order valence-electron chi connectivity index (χ2n) is 6.28. The molecule has 2 aromatic heterocycles. The van der Waals surface area contributed by atoms with Gasteiger partial charge in [-0.15, -0.1) is 11.3 Å². The number of piperazine rings is 1. The van der Waals surface area contributed by atoms with E-state index in [0.717, 1.165) is 18.8 Å². The number of H-pyrrole nitrogens is 1. The molecule has 1 aliphatic heterocycles. The molecule has 6 heteroatoms. The number of aromatic nitrogens is 2. The van der Waals surface area contributed by atoms with E-state index in [-0.39, 0.29) is 0 Å². The summed E-state index contributed by atoms with van der Waals surface area (Å²) in [7, 11) is 2.21. The van der Waals surface area contributed by atoms with Gasteiger partial charge in [0.05, 0.1) is 16.8 Å². The normalized spacial score (nSPS) is 16.9. The second kappa shape index (κ2) is 8.59. The van der Waals surface area contributed by atoms with E-state index >= 15 is 0 Å². The lowest BCUT2D eigenvalue weighted by molar-refractivity contribution is 0.152. The molecule has 0 bridgehead atoms. The number of hydrogen-bond acceptors (Lipinski definition) is 5. The summed E-state index contributed by atoms with van der Waals surface area (Å²) >= 11 is 1.75. The summed E-state index contributed by atoms with van der Waals surface area (Å²) < 4.78 is 0. The maximum atomic E-state index is 4.19. The SMILES string of the molecule is CN1CCN(CCCCNCc2cn[nH]c2-c2cccs2)CC1. The Bertz CT molecular complexity index is 557. The molecule has 0 saturated carbocycles. The third-order valence-electron chi connectivity index (χ3n) is 4.47. The Balaban J connectivity index is 1.31. The van der Waals surface area contributed by atoms with Crippen LogP contribution in [0.25, 0.3) is 10.6 Å². The van der Waals surface area contributed by atoms with Crippen LogP contribution in [0.15, 0.2) is 23.7 Å². The van der Waals surface area contributed by atoms with Gasteiger partial charge in [-0.1, -0.05) is 6.07 Å². The predicted molar refractivity (Wildman–Crippen MR) is 96.8 cm³/mol. The average Bonchev–Trinajstić information content (AvgIpc) is 3.23. The molecular formula is C17H27N5S. The number of nitrogens with one attached hydrogen (secondary N) is 2. The molecule has 2 aromatic rings. The molecule has 2 N–H and O–H groups in total. The van der Waals surface area contributed by atoms with Crippen LogP contribution >= 0.6 is 11.3 Å². The van der Waals surface area contributed by atoms with Gasteiger partial charge in [0, 0.05) is 38.3 Å². The average molecular weight is 334 g/mol. The zero-order valence-electron chi connectivity index (χ0n) is 13.9. The van der Waals surface area contributed by atoms with Crippen molar-refractivity contribution in [3.63, 3.8) is 0 Å². The highest BCUT2D eigenvalue weighted by Crippen LogP contribution is 2.25. The molecule has 0 aromatic carbocycles. The third-order valence-corrected chi connectivity index (χ3v) is 5.36. The summed E-state index contributed by atoms with van der Waals surface area (Å²) in [6.07, 6.45) is 4.45. The Morgan fingerprint density at radius 1 is 1.26 bits per heavy atom. The van der Waals surface area contributed by atoms with Crippen LogP contribution in [-0.4, -0.2) is 66.3 Å². The molecule has 0 atom stereocenters. The lowest BCUT2D eigenvalue weighted by atomic mass is 10.2. The van der Waals surface area contributed by atoms with E-state index in [1.165, 1.54) is 56.0 Å². The summed E-state index contributed by atoms with van der Waals surface area (Å²) in [4.78, 5) is 6.26. The van der Waals surface area contributed by atoms with Gasteiger partial charge in [0.25, 0.3) is 0 Å². The first-order valence-corrected chi connectivity index (χ1v) is 9.38. The number of aromatic amines is 1. The molecular weight excluding hydrogens is 306 g/mol. The number of rotatable bonds is 8. The highest BCUT2D eigenvalue weighted by molar-refractivity contribution is 7.13. The van der Waals surface area contributed by atoms with Crippen molar-refractivity contribution in [2.24, 2.45) is 0 Å². The standard InChI is InChI=1S/C17H27N5S/c1-21-8-10-22(11-9-21)7-3-2-6-18-13-15-14-19-20-17(15)16-5-4-12-23-16/h4-5,12,14,18H,2-3,6-11,13H2,1H3,(H,19,20). The minimum absolute atomic E-state index is 0.887. The van der Waals surface area contributed by atoms with Crippen molar-refractivity contribution in [1.29, 1.82) is 0 Å². The Kier molecular flexibility index (Phi) is 6.21. The molecule has 1 saturated heterocycles. The van der Waals surface area contributed by atoms with Crippen LogP contribution in [0.2, 0.25) is 0 Å². The molecule has 3 rings (SSSR count). The molecule has 3 heterocycles. The van der Waals surface area contributed by atoms with Crippen LogP contribution in [0.5, 0.6) is 0 Å². The van der Waals surface area contributed by atoms with Crippen LogP contribution in [0.3, 0.4) is 0 Å². The van der Waals surface area contributed by atoms with Gasteiger partial charge in [0.2, 0.25) is 0 Å². The lowest BCUT2D eigenvalue weighted by Gasteiger charge is -2.32. The van der Waals surface area contributed by atoms with Crippen LogP contribution in [0, 0.1) is 0 Å². The highest BCUT2D eigenvalue weighted by atomic mass is 32.1. The van der Waals surface area contributed by atoms with Gasteiger partial charge in [0.15, 0.2) is 0 Å². The molecule has 126 valence electrons. The largest absolute Gasteiger partial charge is 0.313 e. The minimum Gasteiger partial charge on any atom is -0.313 e. The summed E-state index contributed by atoms with van der Waals surface area (Å²) in [6, 6.07) is 4.22. The molecule has 0 radical (unpaired) electrons. The van der Waals surface area contributed by atoms with Crippen LogP contribution < -0.4 is 5.32 Å².